The summed E-state index contributed by atoms with van der Waals surface area (Å²) in [5.41, 5.74) is 9.80. The van der Waals surface area contributed by atoms with Gasteiger partial charge in [-0.3, -0.25) is 4.79 Å². The summed E-state index contributed by atoms with van der Waals surface area (Å²) in [6, 6.07) is 5.81. The van der Waals surface area contributed by atoms with Crippen molar-refractivity contribution in [2.24, 2.45) is 22.9 Å². The third-order valence-electron chi connectivity index (χ3n) is 6.78. The number of carbonyl (C=O) groups is 1. The van der Waals surface area contributed by atoms with E-state index in [-0.39, 0.29) is 22.7 Å². The molecule has 1 heterocycles. The lowest BCUT2D eigenvalue weighted by Gasteiger charge is -2.57. The first-order valence-corrected chi connectivity index (χ1v) is 9.77. The van der Waals surface area contributed by atoms with Crippen LogP contribution < -0.4 is 11.2 Å². The quantitative estimate of drug-likeness (QED) is 0.552. The van der Waals surface area contributed by atoms with Crippen LogP contribution in [0, 0.1) is 17.8 Å². The monoisotopic (exact) mass is 381 g/mol. The van der Waals surface area contributed by atoms with Gasteiger partial charge in [0.2, 0.25) is 11.5 Å². The van der Waals surface area contributed by atoms with E-state index < -0.39 is 5.91 Å². The lowest BCUT2D eigenvalue weighted by atomic mass is 9.48. The molecule has 0 unspecified atom stereocenters. The molecule has 1 amide bonds. The zero-order chi connectivity index (χ0) is 19.3. The fraction of sp³-hybridized carbons (Fsp3) is 0.500. The number of nitrogens with one attached hydrogen (secondary N) is 1. The predicted octanol–water partition coefficient (Wildman–Crippen LogP) is 2.59. The summed E-state index contributed by atoms with van der Waals surface area (Å²) >= 11 is 0. The molecule has 8 nitrogen and oxygen atoms in total. The van der Waals surface area contributed by atoms with Gasteiger partial charge in [-0.2, -0.15) is 5.10 Å². The molecule has 0 spiro atoms. The van der Waals surface area contributed by atoms with Gasteiger partial charge in [-0.1, -0.05) is 6.07 Å². The van der Waals surface area contributed by atoms with Gasteiger partial charge in [0, 0.05) is 5.56 Å². The number of hydrogen-bond donors (Lipinski definition) is 3. The number of nitrogens with two attached hydrogens (primary N) is 1. The number of nitrogens with zero attached hydrogens (tertiary/aromatic N) is 3. The van der Waals surface area contributed by atoms with Gasteiger partial charge in [-0.15, -0.1) is 0 Å². The number of hydrogen-bond acceptors (Lipinski definition) is 7. The molecule has 146 valence electrons. The van der Waals surface area contributed by atoms with Crippen molar-refractivity contribution in [3.8, 4) is 5.75 Å². The Morgan fingerprint density at radius 2 is 1.89 bits per heavy atom. The van der Waals surface area contributed by atoms with E-state index in [1.807, 2.05) is 6.07 Å². The lowest BCUT2D eigenvalue weighted by molar-refractivity contribution is -0.00520. The summed E-state index contributed by atoms with van der Waals surface area (Å²) in [6.07, 6.45) is 9.34. The molecule has 4 bridgehead atoms. The van der Waals surface area contributed by atoms with Crippen molar-refractivity contribution in [3.05, 3.63) is 35.0 Å². The first kappa shape index (κ1) is 17.2. The van der Waals surface area contributed by atoms with Gasteiger partial charge in [0.05, 0.1) is 6.21 Å². The topological polar surface area (TPSA) is 127 Å². The Balaban J connectivity index is 1.36. The normalized spacial score (nSPS) is 30.8. The smallest absolute Gasteiger partial charge is 0.297 e. The van der Waals surface area contributed by atoms with E-state index in [1.54, 1.807) is 6.07 Å². The van der Waals surface area contributed by atoms with E-state index in [9.17, 15) is 9.90 Å². The zero-order valence-electron chi connectivity index (χ0n) is 15.5. The Labute approximate surface area is 162 Å². The standard InChI is InChI=1S/C20H23N5O3/c21-18-17(24-28-25-18)19(27)23-22-10-14-6-15(1-2-16(14)26)20-7-11-3-12(8-20)5-13(4-11)9-20/h1-2,6,10-13,26H,3-5,7-9H2,(H2,21,25)(H,23,27)/b22-10-. The van der Waals surface area contributed by atoms with E-state index in [1.165, 1.54) is 50.3 Å². The summed E-state index contributed by atoms with van der Waals surface area (Å²) in [4.78, 5) is 12.0. The first-order chi connectivity index (χ1) is 13.5. The van der Waals surface area contributed by atoms with Gasteiger partial charge < -0.3 is 10.8 Å². The van der Waals surface area contributed by atoms with Crippen molar-refractivity contribution >= 4 is 17.9 Å². The minimum Gasteiger partial charge on any atom is -0.507 e. The number of aromatic nitrogens is 2. The third-order valence-corrected chi connectivity index (χ3v) is 6.78. The minimum atomic E-state index is -0.619. The molecule has 0 atom stereocenters. The molecule has 4 aliphatic carbocycles. The minimum absolute atomic E-state index is 0.0978. The molecule has 1 aromatic carbocycles. The second-order valence-corrected chi connectivity index (χ2v) is 8.67. The molecule has 4 fully saturated rings. The second kappa shape index (κ2) is 6.32. The molecule has 0 radical (unpaired) electrons. The summed E-state index contributed by atoms with van der Waals surface area (Å²) < 4.78 is 4.41. The molecule has 4 saturated carbocycles. The van der Waals surface area contributed by atoms with Crippen LogP contribution in [-0.2, 0) is 5.41 Å². The number of phenols is 1. The molecular weight excluding hydrogens is 358 g/mol. The zero-order valence-corrected chi connectivity index (χ0v) is 15.5. The molecule has 4 aliphatic rings. The summed E-state index contributed by atoms with van der Waals surface area (Å²) in [5, 5.41) is 21.0. The van der Waals surface area contributed by atoms with Crippen molar-refractivity contribution in [3.63, 3.8) is 0 Å². The molecule has 6 rings (SSSR count). The average molecular weight is 381 g/mol. The van der Waals surface area contributed by atoms with E-state index >= 15 is 0 Å². The Kier molecular flexibility index (Phi) is 3.89. The van der Waals surface area contributed by atoms with Crippen molar-refractivity contribution in [2.45, 2.75) is 43.9 Å². The molecular formula is C20H23N5O3. The highest BCUT2D eigenvalue weighted by Crippen LogP contribution is 2.60. The van der Waals surface area contributed by atoms with Crippen molar-refractivity contribution in [1.29, 1.82) is 0 Å². The van der Waals surface area contributed by atoms with Gasteiger partial charge in [0.15, 0.2) is 0 Å². The first-order valence-electron chi connectivity index (χ1n) is 9.77. The van der Waals surface area contributed by atoms with Gasteiger partial charge >= 0.3 is 0 Å². The Hall–Kier alpha value is -2.90. The SMILES string of the molecule is Nc1nonc1C(=O)N/N=C\c1cc(C23CC4CC(CC(C4)C2)C3)ccc1O. The van der Waals surface area contributed by atoms with Gasteiger partial charge in [0.1, 0.15) is 5.75 Å². The van der Waals surface area contributed by atoms with E-state index in [2.05, 4.69) is 31.5 Å². The summed E-state index contributed by atoms with van der Waals surface area (Å²) in [7, 11) is 0. The van der Waals surface area contributed by atoms with Gasteiger partial charge in [-0.05, 0) is 89.7 Å². The van der Waals surface area contributed by atoms with Crippen LogP contribution in [0.4, 0.5) is 5.82 Å². The number of carbonyl (C=O) groups excluding carboxylic acids is 1. The number of aromatic hydroxyl groups is 1. The van der Waals surface area contributed by atoms with E-state index in [4.69, 9.17) is 5.73 Å². The highest BCUT2D eigenvalue weighted by Gasteiger charge is 2.51. The van der Waals surface area contributed by atoms with Crippen molar-refractivity contribution in [1.82, 2.24) is 15.7 Å². The molecule has 28 heavy (non-hydrogen) atoms. The number of benzene rings is 1. The molecule has 1 aromatic heterocycles. The molecule has 4 N–H and O–H groups in total. The highest BCUT2D eigenvalue weighted by atomic mass is 16.6. The maximum atomic E-state index is 12.0. The molecule has 0 aliphatic heterocycles. The Morgan fingerprint density at radius 3 is 2.50 bits per heavy atom. The molecule has 2 aromatic rings. The van der Waals surface area contributed by atoms with Crippen LogP contribution >= 0.6 is 0 Å². The van der Waals surface area contributed by atoms with E-state index in [0.717, 1.165) is 17.8 Å². The number of rotatable bonds is 4. The number of nitrogen functional groups attached to an aromatic ring is 1. The predicted molar refractivity (Wildman–Crippen MR) is 102 cm³/mol. The van der Waals surface area contributed by atoms with Crippen LogP contribution in [-0.4, -0.2) is 27.5 Å². The fourth-order valence-corrected chi connectivity index (χ4v) is 6.02. The van der Waals surface area contributed by atoms with Crippen LogP contribution in [0.3, 0.4) is 0 Å². The van der Waals surface area contributed by atoms with Crippen LogP contribution in [0.1, 0.15) is 60.1 Å². The maximum absolute atomic E-state index is 12.0. The van der Waals surface area contributed by atoms with Crippen molar-refractivity contribution in [2.75, 3.05) is 5.73 Å². The molecule has 0 saturated heterocycles. The van der Waals surface area contributed by atoms with Crippen LogP contribution in [0.25, 0.3) is 0 Å². The Bertz CT molecular complexity index is 916. The van der Waals surface area contributed by atoms with Gasteiger partial charge in [0.25, 0.3) is 5.91 Å². The summed E-state index contributed by atoms with van der Waals surface area (Å²) in [5.74, 6) is 1.95. The van der Waals surface area contributed by atoms with Crippen LogP contribution in [0.5, 0.6) is 5.75 Å². The lowest BCUT2D eigenvalue weighted by Crippen LogP contribution is -2.48. The Morgan fingerprint density at radius 1 is 1.21 bits per heavy atom. The van der Waals surface area contributed by atoms with Crippen molar-refractivity contribution < 1.29 is 14.5 Å². The third kappa shape index (κ3) is 2.83. The van der Waals surface area contributed by atoms with E-state index in [0.29, 0.717) is 5.56 Å². The van der Waals surface area contributed by atoms with Crippen LogP contribution in [0.15, 0.2) is 27.9 Å². The average Bonchev–Trinajstić information content (AvgIpc) is 3.08. The number of hydrazone groups is 1. The van der Waals surface area contributed by atoms with Gasteiger partial charge in [-0.25, -0.2) is 10.1 Å². The number of phenolic OH excluding ortho intramolecular Hbond substituents is 1. The molecule has 8 heteroatoms. The second-order valence-electron chi connectivity index (χ2n) is 8.67. The van der Waals surface area contributed by atoms with Crippen LogP contribution in [0.2, 0.25) is 0 Å². The highest BCUT2D eigenvalue weighted by molar-refractivity contribution is 5.96. The number of amides is 1. The number of anilines is 1. The fourth-order valence-electron chi connectivity index (χ4n) is 6.02. The summed E-state index contributed by atoms with van der Waals surface area (Å²) in [6.45, 7) is 0. The maximum Gasteiger partial charge on any atom is 0.297 e. The largest absolute Gasteiger partial charge is 0.507 e.